The monoisotopic (exact) mass is 324 g/mol. The van der Waals surface area contributed by atoms with E-state index in [4.69, 9.17) is 4.74 Å². The zero-order valence-corrected chi connectivity index (χ0v) is 13.1. The highest BCUT2D eigenvalue weighted by atomic mass is 16.6. The van der Waals surface area contributed by atoms with Crippen molar-refractivity contribution < 1.29 is 14.5 Å². The average Bonchev–Trinajstić information content (AvgIpc) is 2.59. The molecule has 1 amide bonds. The largest absolute Gasteiger partial charge is 0.490 e. The summed E-state index contributed by atoms with van der Waals surface area (Å²) in [4.78, 5) is 24.4. The lowest BCUT2D eigenvalue weighted by atomic mass is 10.1. The number of nitro benzene ring substituents is 1. The normalized spacial score (nSPS) is 13.5. The molecule has 0 bridgehead atoms. The van der Waals surface area contributed by atoms with Crippen molar-refractivity contribution in [2.45, 2.75) is 6.92 Å². The van der Waals surface area contributed by atoms with Gasteiger partial charge in [-0.25, -0.2) is 0 Å². The Morgan fingerprint density at radius 2 is 2.00 bits per heavy atom. The van der Waals surface area contributed by atoms with Gasteiger partial charge in [-0.2, -0.15) is 0 Å². The number of hydrogen-bond donors (Lipinski definition) is 0. The number of benzene rings is 2. The molecule has 0 radical (unpaired) electrons. The van der Waals surface area contributed by atoms with Crippen LogP contribution in [0.2, 0.25) is 0 Å². The zero-order valence-electron chi connectivity index (χ0n) is 13.1. The maximum atomic E-state index is 12.5. The lowest BCUT2D eigenvalue weighted by Crippen LogP contribution is -2.36. The lowest BCUT2D eigenvalue weighted by molar-refractivity contribution is -0.384. The van der Waals surface area contributed by atoms with Crippen LogP contribution in [0.3, 0.4) is 0 Å². The molecule has 0 spiro atoms. The first kappa shape index (κ1) is 15.7. The summed E-state index contributed by atoms with van der Waals surface area (Å²) in [6.45, 7) is 2.90. The van der Waals surface area contributed by atoms with Crippen molar-refractivity contribution in [3.05, 3.63) is 69.8 Å². The highest BCUT2D eigenvalue weighted by Crippen LogP contribution is 2.32. The van der Waals surface area contributed by atoms with Gasteiger partial charge in [0.2, 0.25) is 0 Å². The predicted octanol–water partition coefficient (Wildman–Crippen LogP) is 3.34. The number of rotatable bonds is 3. The maximum Gasteiger partial charge on any atom is 0.269 e. The van der Waals surface area contributed by atoms with Crippen molar-refractivity contribution in [2.75, 3.05) is 18.1 Å². The van der Waals surface area contributed by atoms with Gasteiger partial charge in [-0.15, -0.1) is 0 Å². The van der Waals surface area contributed by atoms with Crippen LogP contribution < -0.4 is 9.64 Å². The molecule has 122 valence electrons. The minimum atomic E-state index is -0.453. The van der Waals surface area contributed by atoms with Crippen molar-refractivity contribution in [2.24, 2.45) is 0 Å². The second kappa shape index (κ2) is 6.54. The van der Waals surface area contributed by atoms with E-state index in [9.17, 15) is 14.9 Å². The van der Waals surface area contributed by atoms with E-state index in [2.05, 4.69) is 0 Å². The van der Waals surface area contributed by atoms with E-state index in [-0.39, 0.29) is 11.6 Å². The number of nitro groups is 1. The lowest BCUT2D eigenvalue weighted by Gasteiger charge is -2.29. The van der Waals surface area contributed by atoms with E-state index in [1.165, 1.54) is 18.2 Å². The molecular formula is C18H16N2O4. The Morgan fingerprint density at radius 3 is 2.71 bits per heavy atom. The Kier molecular flexibility index (Phi) is 4.29. The summed E-state index contributed by atoms with van der Waals surface area (Å²) in [6, 6.07) is 11.8. The first-order chi connectivity index (χ1) is 11.5. The zero-order chi connectivity index (χ0) is 17.1. The summed E-state index contributed by atoms with van der Waals surface area (Å²) >= 11 is 0. The number of anilines is 1. The van der Waals surface area contributed by atoms with Crippen LogP contribution in [0.15, 0.2) is 48.5 Å². The highest BCUT2D eigenvalue weighted by molar-refractivity contribution is 6.05. The van der Waals surface area contributed by atoms with Gasteiger partial charge in [0, 0.05) is 18.2 Å². The van der Waals surface area contributed by atoms with Gasteiger partial charge in [-0.3, -0.25) is 14.9 Å². The van der Waals surface area contributed by atoms with Crippen LogP contribution in [0.1, 0.15) is 11.1 Å². The Bertz CT molecular complexity index is 812. The molecule has 1 aliphatic heterocycles. The molecule has 2 aromatic rings. The fourth-order valence-corrected chi connectivity index (χ4v) is 2.52. The fraction of sp³-hybridized carbons (Fsp3) is 0.167. The summed E-state index contributed by atoms with van der Waals surface area (Å²) in [5, 5.41) is 10.6. The SMILES string of the molecule is Cc1ccc2c(c1)N(C(=O)/C=C/c1ccc([N+](=O)[O-])cc1)CCO2. The van der Waals surface area contributed by atoms with Gasteiger partial charge in [0.05, 0.1) is 17.2 Å². The van der Waals surface area contributed by atoms with Gasteiger partial charge in [-0.1, -0.05) is 6.07 Å². The standard InChI is InChI=1S/C18H16N2O4/c1-13-2-8-17-16(12-13)19(10-11-24-17)18(21)9-5-14-3-6-15(7-4-14)20(22)23/h2-9,12H,10-11H2,1H3/b9-5+. The van der Waals surface area contributed by atoms with Gasteiger partial charge in [0.15, 0.2) is 0 Å². The van der Waals surface area contributed by atoms with E-state index >= 15 is 0 Å². The summed E-state index contributed by atoms with van der Waals surface area (Å²) in [6.07, 6.45) is 3.12. The molecule has 0 N–H and O–H groups in total. The molecule has 0 aliphatic carbocycles. The first-order valence-electron chi connectivity index (χ1n) is 7.52. The van der Waals surface area contributed by atoms with Crippen LogP contribution in [0, 0.1) is 17.0 Å². The van der Waals surface area contributed by atoms with E-state index in [1.54, 1.807) is 23.1 Å². The summed E-state index contributed by atoms with van der Waals surface area (Å²) < 4.78 is 5.58. The Morgan fingerprint density at radius 1 is 1.25 bits per heavy atom. The molecule has 24 heavy (non-hydrogen) atoms. The fourth-order valence-electron chi connectivity index (χ4n) is 2.52. The van der Waals surface area contributed by atoms with Crippen LogP contribution in [-0.2, 0) is 4.79 Å². The van der Waals surface area contributed by atoms with Gasteiger partial charge < -0.3 is 9.64 Å². The number of hydrogen-bond acceptors (Lipinski definition) is 4. The van der Waals surface area contributed by atoms with Crippen molar-refractivity contribution in [3.63, 3.8) is 0 Å². The smallest absolute Gasteiger partial charge is 0.269 e. The molecule has 1 aliphatic rings. The highest BCUT2D eigenvalue weighted by Gasteiger charge is 2.22. The third-order valence-corrected chi connectivity index (χ3v) is 3.77. The van der Waals surface area contributed by atoms with E-state index in [0.717, 1.165) is 16.8 Å². The first-order valence-corrected chi connectivity index (χ1v) is 7.52. The van der Waals surface area contributed by atoms with Crippen LogP contribution in [0.5, 0.6) is 5.75 Å². The molecule has 0 fully saturated rings. The van der Waals surface area contributed by atoms with Crippen LogP contribution in [0.4, 0.5) is 11.4 Å². The summed E-state index contributed by atoms with van der Waals surface area (Å²) in [5.41, 5.74) is 2.57. The number of ether oxygens (including phenoxy) is 1. The molecule has 3 rings (SSSR count). The van der Waals surface area contributed by atoms with Crippen LogP contribution in [0.25, 0.3) is 6.08 Å². The molecule has 2 aromatic carbocycles. The molecule has 0 atom stereocenters. The molecule has 0 saturated heterocycles. The quantitative estimate of drug-likeness (QED) is 0.493. The maximum absolute atomic E-state index is 12.5. The number of carbonyl (C=O) groups is 1. The Labute approximate surface area is 139 Å². The second-order valence-corrected chi connectivity index (χ2v) is 5.49. The minimum Gasteiger partial charge on any atom is -0.490 e. The van der Waals surface area contributed by atoms with Gasteiger partial charge in [0.25, 0.3) is 11.6 Å². The third kappa shape index (κ3) is 3.27. The van der Waals surface area contributed by atoms with Gasteiger partial charge >= 0.3 is 0 Å². The number of fused-ring (bicyclic) bond motifs is 1. The topological polar surface area (TPSA) is 72.7 Å². The summed E-state index contributed by atoms with van der Waals surface area (Å²) in [5.74, 6) is 0.549. The van der Waals surface area contributed by atoms with Crippen molar-refractivity contribution >= 4 is 23.4 Å². The molecule has 6 heteroatoms. The number of amides is 1. The number of carbonyl (C=O) groups excluding carboxylic acids is 1. The Hall–Kier alpha value is -3.15. The van der Waals surface area contributed by atoms with Crippen molar-refractivity contribution in [1.29, 1.82) is 0 Å². The molecule has 6 nitrogen and oxygen atoms in total. The van der Waals surface area contributed by atoms with E-state index in [1.807, 2.05) is 25.1 Å². The second-order valence-electron chi connectivity index (χ2n) is 5.49. The molecular weight excluding hydrogens is 308 g/mol. The number of aryl methyl sites for hydroxylation is 1. The van der Waals surface area contributed by atoms with Crippen molar-refractivity contribution in [3.8, 4) is 5.75 Å². The average molecular weight is 324 g/mol. The van der Waals surface area contributed by atoms with Crippen molar-refractivity contribution in [1.82, 2.24) is 0 Å². The van der Waals surface area contributed by atoms with Crippen LogP contribution in [-0.4, -0.2) is 24.0 Å². The molecule has 0 saturated carbocycles. The molecule has 0 unspecified atom stereocenters. The summed E-state index contributed by atoms with van der Waals surface area (Å²) in [7, 11) is 0. The predicted molar refractivity (Wildman–Crippen MR) is 91.2 cm³/mol. The third-order valence-electron chi connectivity index (χ3n) is 3.77. The molecule has 1 heterocycles. The van der Waals surface area contributed by atoms with Gasteiger partial charge in [0.1, 0.15) is 12.4 Å². The van der Waals surface area contributed by atoms with E-state index in [0.29, 0.717) is 18.9 Å². The number of nitrogens with zero attached hydrogens (tertiary/aromatic N) is 2. The van der Waals surface area contributed by atoms with Crippen LogP contribution >= 0.6 is 0 Å². The minimum absolute atomic E-state index is 0.0241. The van der Waals surface area contributed by atoms with E-state index < -0.39 is 4.92 Å². The number of non-ortho nitro benzene ring substituents is 1. The Balaban J connectivity index is 1.78. The molecule has 0 aromatic heterocycles. The van der Waals surface area contributed by atoms with Gasteiger partial charge in [-0.05, 0) is 48.4 Å².